The second-order valence-electron chi connectivity index (χ2n) is 11.7. The zero-order valence-corrected chi connectivity index (χ0v) is 24.4. The summed E-state index contributed by atoms with van der Waals surface area (Å²) in [4.78, 5) is 32.8. The number of piperidine rings is 1. The summed E-state index contributed by atoms with van der Waals surface area (Å²) in [5.41, 5.74) is 9.27. The van der Waals surface area contributed by atoms with Crippen LogP contribution in [0.1, 0.15) is 75.8 Å². The van der Waals surface area contributed by atoms with Crippen molar-refractivity contribution < 1.29 is 9.63 Å². The van der Waals surface area contributed by atoms with Gasteiger partial charge in [0.2, 0.25) is 5.95 Å². The number of amides is 1. The Kier molecular flexibility index (Phi) is 8.45. The van der Waals surface area contributed by atoms with Gasteiger partial charge in [-0.05, 0) is 69.9 Å². The van der Waals surface area contributed by atoms with Crippen LogP contribution in [0.5, 0.6) is 0 Å². The van der Waals surface area contributed by atoms with Crippen molar-refractivity contribution in [3.8, 4) is 0 Å². The van der Waals surface area contributed by atoms with Gasteiger partial charge in [-0.25, -0.2) is 9.78 Å². The number of rotatable bonds is 7. The number of nitrogens with one attached hydrogen (secondary N) is 3. The summed E-state index contributed by atoms with van der Waals surface area (Å²) in [6, 6.07) is 6.70. The van der Waals surface area contributed by atoms with Crippen molar-refractivity contribution in [1.29, 1.82) is 0 Å². The highest BCUT2D eigenvalue weighted by Crippen LogP contribution is 2.34. The fourth-order valence-corrected chi connectivity index (χ4v) is 6.56. The molecule has 3 aliphatic rings. The first-order chi connectivity index (χ1) is 19.9. The normalized spacial score (nSPS) is 22.6. The highest BCUT2D eigenvalue weighted by Gasteiger charge is 2.27. The summed E-state index contributed by atoms with van der Waals surface area (Å²) in [5, 5.41) is 12.2. The van der Waals surface area contributed by atoms with Crippen LogP contribution in [0.4, 0.5) is 22.2 Å². The average Bonchev–Trinajstić information content (AvgIpc) is 3.64. The molecular weight excluding hydrogens is 542 g/mol. The molecule has 6 rings (SSSR count). The van der Waals surface area contributed by atoms with Crippen molar-refractivity contribution >= 4 is 46.3 Å². The number of fused-ring (bicyclic) bond motifs is 1. The number of hydroxylamine groups is 2. The second kappa shape index (κ2) is 12.4. The van der Waals surface area contributed by atoms with Gasteiger partial charge >= 0.3 is 6.09 Å². The van der Waals surface area contributed by atoms with Crippen LogP contribution < -0.4 is 21.7 Å². The van der Waals surface area contributed by atoms with Crippen LogP contribution in [0.25, 0.3) is 11.2 Å². The first-order valence-electron chi connectivity index (χ1n) is 14.9. The molecule has 1 aliphatic heterocycles. The number of hydrogen-bond acceptors (Lipinski definition) is 9. The van der Waals surface area contributed by atoms with Gasteiger partial charge in [0, 0.05) is 37.3 Å². The Bertz CT molecular complexity index is 1340. The van der Waals surface area contributed by atoms with Crippen LogP contribution >= 0.6 is 11.6 Å². The lowest BCUT2D eigenvalue weighted by atomic mass is 9.92. The van der Waals surface area contributed by atoms with E-state index in [1.54, 1.807) is 11.1 Å². The van der Waals surface area contributed by atoms with Gasteiger partial charge in [0.25, 0.3) is 0 Å². The van der Waals surface area contributed by atoms with Crippen LogP contribution in [0.2, 0.25) is 5.02 Å². The number of para-hydroxylation sites is 1. The lowest BCUT2D eigenvalue weighted by Gasteiger charge is -2.31. The number of carbonyl (C=O) groups is 1. The lowest BCUT2D eigenvalue weighted by molar-refractivity contribution is -0.106. The molecule has 1 amide bonds. The fraction of sp³-hybridized carbons (Fsp3) is 0.586. The van der Waals surface area contributed by atoms with Gasteiger partial charge in [-0.2, -0.15) is 9.97 Å². The van der Waals surface area contributed by atoms with E-state index in [1.165, 1.54) is 12.8 Å². The molecule has 41 heavy (non-hydrogen) atoms. The number of imidazole rings is 1. The van der Waals surface area contributed by atoms with Crippen LogP contribution in [-0.4, -0.2) is 61.9 Å². The quantitative estimate of drug-likeness (QED) is 0.280. The van der Waals surface area contributed by atoms with E-state index in [2.05, 4.69) is 20.5 Å². The van der Waals surface area contributed by atoms with E-state index in [4.69, 9.17) is 37.1 Å². The molecule has 1 saturated heterocycles. The summed E-state index contributed by atoms with van der Waals surface area (Å²) in [5.74, 6) is 1.40. The van der Waals surface area contributed by atoms with Crippen LogP contribution in [-0.2, 0) is 4.84 Å². The Balaban J connectivity index is 1.12. The molecule has 2 aromatic heterocycles. The maximum absolute atomic E-state index is 12.5. The van der Waals surface area contributed by atoms with E-state index >= 15 is 0 Å². The standard InChI is InChI=1S/C29H40ClN9O2/c1-18-5-4-8-23(30)24(18)35-29(40)41-38-15-13-21(14-16-38)33-26-25-27(39(17-32-25)22-6-2-3-7-22)37-28(36-26)34-20-11-9-19(31)10-12-20/h4-5,8,17,19-22H,2-3,6-7,9-16,31H2,1H3,(H,35,40)(H2,33,34,36,37). The van der Waals surface area contributed by atoms with Crippen LogP contribution in [0.3, 0.4) is 0 Å². The maximum atomic E-state index is 12.5. The minimum atomic E-state index is -0.540. The van der Waals surface area contributed by atoms with Gasteiger partial charge in [-0.3, -0.25) is 5.32 Å². The van der Waals surface area contributed by atoms with Gasteiger partial charge in [0.05, 0.1) is 17.0 Å². The molecule has 2 saturated carbocycles. The molecular formula is C29H40ClN9O2. The molecule has 11 nitrogen and oxygen atoms in total. The van der Waals surface area contributed by atoms with E-state index in [1.807, 2.05) is 25.4 Å². The van der Waals surface area contributed by atoms with E-state index in [-0.39, 0.29) is 6.04 Å². The summed E-state index contributed by atoms with van der Waals surface area (Å²) in [6.45, 7) is 3.10. The Morgan fingerprint density at radius 1 is 1.00 bits per heavy atom. The summed E-state index contributed by atoms with van der Waals surface area (Å²) in [6.07, 6.45) is 11.8. The van der Waals surface area contributed by atoms with E-state index in [0.717, 1.165) is 73.9 Å². The molecule has 5 N–H and O–H groups in total. The van der Waals surface area contributed by atoms with Gasteiger partial charge in [-0.1, -0.05) is 36.6 Å². The molecule has 1 aromatic carbocycles. The molecule has 0 atom stereocenters. The highest BCUT2D eigenvalue weighted by molar-refractivity contribution is 6.33. The molecule has 3 heterocycles. The van der Waals surface area contributed by atoms with Gasteiger partial charge in [0.1, 0.15) is 0 Å². The Labute approximate surface area is 245 Å². The third-order valence-corrected chi connectivity index (χ3v) is 9.02. The van der Waals surface area contributed by atoms with Crippen molar-refractivity contribution in [2.24, 2.45) is 5.73 Å². The first-order valence-corrected chi connectivity index (χ1v) is 15.3. The van der Waals surface area contributed by atoms with Crippen molar-refractivity contribution in [3.63, 3.8) is 0 Å². The predicted octanol–water partition coefficient (Wildman–Crippen LogP) is 5.63. The van der Waals surface area contributed by atoms with Gasteiger partial charge < -0.3 is 25.8 Å². The SMILES string of the molecule is Cc1cccc(Cl)c1NC(=O)ON1CCC(Nc2nc(NC3CCC(N)CC3)nc3c2ncn3C2CCCC2)CC1. The van der Waals surface area contributed by atoms with E-state index in [0.29, 0.717) is 47.9 Å². The topological polar surface area (TPSA) is 135 Å². The van der Waals surface area contributed by atoms with Crippen molar-refractivity contribution in [1.82, 2.24) is 24.6 Å². The molecule has 3 aromatic rings. The Morgan fingerprint density at radius 3 is 2.46 bits per heavy atom. The zero-order valence-electron chi connectivity index (χ0n) is 23.6. The molecule has 0 radical (unpaired) electrons. The number of anilines is 3. The molecule has 0 bridgehead atoms. The Hall–Kier alpha value is -3.15. The monoisotopic (exact) mass is 581 g/mol. The number of carbonyl (C=O) groups excluding carboxylic acids is 1. The molecule has 0 unspecified atom stereocenters. The molecule has 3 fully saturated rings. The van der Waals surface area contributed by atoms with Crippen LogP contribution in [0, 0.1) is 6.92 Å². The molecule has 220 valence electrons. The number of benzene rings is 1. The number of nitrogens with zero attached hydrogens (tertiary/aromatic N) is 5. The average molecular weight is 582 g/mol. The zero-order chi connectivity index (χ0) is 28.3. The first kappa shape index (κ1) is 28.0. The summed E-state index contributed by atoms with van der Waals surface area (Å²) in [7, 11) is 0. The van der Waals surface area contributed by atoms with Gasteiger partial charge in [-0.15, -0.1) is 5.06 Å². The van der Waals surface area contributed by atoms with E-state index in [9.17, 15) is 4.79 Å². The minimum absolute atomic E-state index is 0.166. The van der Waals surface area contributed by atoms with Crippen LogP contribution in [0.15, 0.2) is 24.5 Å². The smallest absolute Gasteiger partial charge is 0.365 e. The third-order valence-electron chi connectivity index (χ3n) is 8.70. The number of aryl methyl sites for hydroxylation is 1. The van der Waals surface area contributed by atoms with Crippen molar-refractivity contribution in [2.45, 2.75) is 95.3 Å². The van der Waals surface area contributed by atoms with Gasteiger partial charge in [0.15, 0.2) is 17.0 Å². The summed E-state index contributed by atoms with van der Waals surface area (Å²) < 4.78 is 2.24. The maximum Gasteiger partial charge on any atom is 0.430 e. The largest absolute Gasteiger partial charge is 0.430 e. The van der Waals surface area contributed by atoms with Crippen molar-refractivity contribution in [2.75, 3.05) is 29.0 Å². The highest BCUT2D eigenvalue weighted by atomic mass is 35.5. The third kappa shape index (κ3) is 6.52. The minimum Gasteiger partial charge on any atom is -0.365 e. The molecule has 0 spiro atoms. The number of aromatic nitrogens is 4. The van der Waals surface area contributed by atoms with E-state index < -0.39 is 6.09 Å². The number of hydrogen-bond donors (Lipinski definition) is 4. The summed E-state index contributed by atoms with van der Waals surface area (Å²) >= 11 is 6.24. The molecule has 12 heteroatoms. The fourth-order valence-electron chi connectivity index (χ4n) is 6.29. The molecule has 2 aliphatic carbocycles. The lowest BCUT2D eigenvalue weighted by Crippen LogP contribution is -2.41. The number of halogens is 1. The Morgan fingerprint density at radius 2 is 1.73 bits per heavy atom. The second-order valence-corrected chi connectivity index (χ2v) is 12.1. The number of nitrogens with two attached hydrogens (primary N) is 1. The predicted molar refractivity (Wildman–Crippen MR) is 161 cm³/mol. The van der Waals surface area contributed by atoms with Crippen molar-refractivity contribution in [3.05, 3.63) is 35.1 Å².